The number of furan rings is 1. The first kappa shape index (κ1) is 11.1. The van der Waals surface area contributed by atoms with Crippen LogP contribution in [-0.4, -0.2) is 0 Å². The standard InChI is InChI=1S/C17H16O/c1-12(2)13-7-9-14(10-8-13)17-11-15-5-3-4-6-16(15)18-17/h3-12H,1-2H3. The van der Waals surface area contributed by atoms with Crippen LogP contribution in [0.5, 0.6) is 0 Å². The molecule has 2 aromatic carbocycles. The number of rotatable bonds is 2. The third kappa shape index (κ3) is 1.92. The Bertz CT molecular complexity index is 626. The molecule has 1 nitrogen and oxygen atoms in total. The van der Waals surface area contributed by atoms with Crippen LogP contribution < -0.4 is 0 Å². The summed E-state index contributed by atoms with van der Waals surface area (Å²) in [6, 6.07) is 18.8. The number of fused-ring (bicyclic) bond motifs is 1. The van der Waals surface area contributed by atoms with E-state index in [0.717, 1.165) is 22.3 Å². The molecular formula is C17H16O. The van der Waals surface area contributed by atoms with Gasteiger partial charge in [0.25, 0.3) is 0 Å². The molecule has 1 aromatic heterocycles. The van der Waals surface area contributed by atoms with Crippen LogP contribution in [0.1, 0.15) is 25.3 Å². The summed E-state index contributed by atoms with van der Waals surface area (Å²) in [6.07, 6.45) is 0. The Morgan fingerprint density at radius 1 is 0.889 bits per heavy atom. The number of benzene rings is 2. The minimum atomic E-state index is 0.565. The van der Waals surface area contributed by atoms with Crippen molar-refractivity contribution in [1.82, 2.24) is 0 Å². The summed E-state index contributed by atoms with van der Waals surface area (Å²) in [7, 11) is 0. The zero-order chi connectivity index (χ0) is 12.5. The van der Waals surface area contributed by atoms with Gasteiger partial charge in [0.15, 0.2) is 0 Å². The van der Waals surface area contributed by atoms with Gasteiger partial charge in [0.2, 0.25) is 0 Å². The van der Waals surface area contributed by atoms with Crippen LogP contribution in [0, 0.1) is 0 Å². The molecule has 0 aliphatic rings. The largest absolute Gasteiger partial charge is 0.456 e. The molecular weight excluding hydrogens is 220 g/mol. The molecule has 0 N–H and O–H groups in total. The Hall–Kier alpha value is -2.02. The first-order chi connectivity index (χ1) is 8.74. The average molecular weight is 236 g/mol. The highest BCUT2D eigenvalue weighted by molar-refractivity contribution is 5.82. The lowest BCUT2D eigenvalue weighted by Gasteiger charge is -2.05. The van der Waals surface area contributed by atoms with Gasteiger partial charge in [-0.1, -0.05) is 56.3 Å². The number of para-hydroxylation sites is 1. The van der Waals surface area contributed by atoms with Gasteiger partial charge in [0, 0.05) is 10.9 Å². The van der Waals surface area contributed by atoms with Gasteiger partial charge in [-0.15, -0.1) is 0 Å². The van der Waals surface area contributed by atoms with E-state index in [-0.39, 0.29) is 0 Å². The Morgan fingerprint density at radius 3 is 2.28 bits per heavy atom. The van der Waals surface area contributed by atoms with Gasteiger partial charge in [-0.3, -0.25) is 0 Å². The van der Waals surface area contributed by atoms with Gasteiger partial charge >= 0.3 is 0 Å². The first-order valence-electron chi connectivity index (χ1n) is 6.33. The molecule has 0 radical (unpaired) electrons. The first-order valence-corrected chi connectivity index (χ1v) is 6.33. The average Bonchev–Trinajstić information content (AvgIpc) is 2.82. The monoisotopic (exact) mass is 236 g/mol. The van der Waals surface area contributed by atoms with Crippen molar-refractivity contribution in [2.45, 2.75) is 19.8 Å². The van der Waals surface area contributed by atoms with Gasteiger partial charge in [-0.05, 0) is 23.6 Å². The third-order valence-electron chi connectivity index (χ3n) is 3.29. The molecule has 0 amide bonds. The van der Waals surface area contributed by atoms with Crippen molar-refractivity contribution in [3.05, 3.63) is 60.2 Å². The zero-order valence-corrected chi connectivity index (χ0v) is 10.7. The quantitative estimate of drug-likeness (QED) is 0.594. The Morgan fingerprint density at radius 2 is 1.61 bits per heavy atom. The van der Waals surface area contributed by atoms with Crippen molar-refractivity contribution in [2.75, 3.05) is 0 Å². The molecule has 0 spiro atoms. The van der Waals surface area contributed by atoms with E-state index in [1.54, 1.807) is 0 Å². The Labute approximate surface area is 107 Å². The summed E-state index contributed by atoms with van der Waals surface area (Å²) in [6.45, 7) is 4.41. The van der Waals surface area contributed by atoms with Crippen LogP contribution in [0.4, 0.5) is 0 Å². The van der Waals surface area contributed by atoms with Crippen LogP contribution >= 0.6 is 0 Å². The van der Waals surface area contributed by atoms with E-state index >= 15 is 0 Å². The van der Waals surface area contributed by atoms with Crippen molar-refractivity contribution in [1.29, 1.82) is 0 Å². The zero-order valence-electron chi connectivity index (χ0n) is 10.7. The van der Waals surface area contributed by atoms with Crippen LogP contribution in [0.2, 0.25) is 0 Å². The summed E-state index contributed by atoms with van der Waals surface area (Å²) in [4.78, 5) is 0. The summed E-state index contributed by atoms with van der Waals surface area (Å²) >= 11 is 0. The summed E-state index contributed by atoms with van der Waals surface area (Å²) in [5.74, 6) is 1.50. The molecule has 0 atom stereocenters. The molecule has 0 bridgehead atoms. The molecule has 0 saturated heterocycles. The highest BCUT2D eigenvalue weighted by atomic mass is 16.3. The fourth-order valence-corrected chi connectivity index (χ4v) is 2.16. The molecule has 3 aromatic rings. The molecule has 0 aliphatic heterocycles. The summed E-state index contributed by atoms with van der Waals surface area (Å²) in [5.41, 5.74) is 3.44. The number of hydrogen-bond acceptors (Lipinski definition) is 1. The van der Waals surface area contributed by atoms with Gasteiger partial charge in [0.05, 0.1) is 0 Å². The van der Waals surface area contributed by atoms with E-state index in [1.807, 2.05) is 18.2 Å². The van der Waals surface area contributed by atoms with E-state index in [2.05, 4.69) is 50.2 Å². The molecule has 1 heteroatoms. The molecule has 1 heterocycles. The summed E-state index contributed by atoms with van der Waals surface area (Å²) < 4.78 is 5.85. The van der Waals surface area contributed by atoms with E-state index < -0.39 is 0 Å². The van der Waals surface area contributed by atoms with Gasteiger partial charge in [0.1, 0.15) is 11.3 Å². The minimum absolute atomic E-state index is 0.565. The van der Waals surface area contributed by atoms with Crippen molar-refractivity contribution in [3.8, 4) is 11.3 Å². The van der Waals surface area contributed by atoms with Crippen molar-refractivity contribution < 1.29 is 4.42 Å². The lowest BCUT2D eigenvalue weighted by Crippen LogP contribution is -1.85. The SMILES string of the molecule is CC(C)c1ccc(-c2cc3ccccc3o2)cc1. The Kier molecular flexibility index (Phi) is 2.67. The second-order valence-electron chi connectivity index (χ2n) is 4.93. The third-order valence-corrected chi connectivity index (χ3v) is 3.29. The normalized spacial score (nSPS) is 11.3. The van der Waals surface area contributed by atoms with Crippen molar-refractivity contribution in [3.63, 3.8) is 0 Å². The Balaban J connectivity index is 2.03. The highest BCUT2D eigenvalue weighted by Crippen LogP contribution is 2.28. The fourth-order valence-electron chi connectivity index (χ4n) is 2.16. The maximum absolute atomic E-state index is 5.85. The van der Waals surface area contributed by atoms with Crippen molar-refractivity contribution >= 4 is 11.0 Å². The van der Waals surface area contributed by atoms with Crippen LogP contribution in [-0.2, 0) is 0 Å². The highest BCUT2D eigenvalue weighted by Gasteiger charge is 2.06. The second-order valence-corrected chi connectivity index (χ2v) is 4.93. The molecule has 0 fully saturated rings. The van der Waals surface area contributed by atoms with Crippen molar-refractivity contribution in [2.24, 2.45) is 0 Å². The topological polar surface area (TPSA) is 13.1 Å². The van der Waals surface area contributed by atoms with Crippen LogP contribution in [0.15, 0.2) is 59.0 Å². The van der Waals surface area contributed by atoms with E-state index in [9.17, 15) is 0 Å². The van der Waals surface area contributed by atoms with E-state index in [4.69, 9.17) is 4.42 Å². The predicted octanol–water partition coefficient (Wildman–Crippen LogP) is 5.22. The van der Waals surface area contributed by atoms with Gasteiger partial charge in [-0.25, -0.2) is 0 Å². The number of hydrogen-bond donors (Lipinski definition) is 0. The molecule has 0 aliphatic carbocycles. The van der Waals surface area contributed by atoms with Crippen LogP contribution in [0.3, 0.4) is 0 Å². The molecule has 0 saturated carbocycles. The summed E-state index contributed by atoms with van der Waals surface area (Å²) in [5, 5.41) is 1.15. The fraction of sp³-hybridized carbons (Fsp3) is 0.176. The predicted molar refractivity (Wildman–Crippen MR) is 75.7 cm³/mol. The second kappa shape index (κ2) is 4.34. The molecule has 18 heavy (non-hydrogen) atoms. The maximum Gasteiger partial charge on any atom is 0.135 e. The van der Waals surface area contributed by atoms with E-state index in [1.165, 1.54) is 5.56 Å². The van der Waals surface area contributed by atoms with Gasteiger partial charge < -0.3 is 4.42 Å². The lowest BCUT2D eigenvalue weighted by atomic mass is 10.0. The van der Waals surface area contributed by atoms with E-state index in [0.29, 0.717) is 5.92 Å². The maximum atomic E-state index is 5.85. The smallest absolute Gasteiger partial charge is 0.135 e. The van der Waals surface area contributed by atoms with Crippen LogP contribution in [0.25, 0.3) is 22.3 Å². The van der Waals surface area contributed by atoms with Gasteiger partial charge in [-0.2, -0.15) is 0 Å². The molecule has 90 valence electrons. The lowest BCUT2D eigenvalue weighted by molar-refractivity contribution is 0.631. The molecule has 0 unspecified atom stereocenters. The molecule has 3 rings (SSSR count). The minimum Gasteiger partial charge on any atom is -0.456 e.